The maximum absolute atomic E-state index is 6.11. The minimum Gasteiger partial charge on any atom is -0.491 e. The van der Waals surface area contributed by atoms with Gasteiger partial charge in [0.15, 0.2) is 0 Å². The van der Waals surface area contributed by atoms with E-state index in [1.807, 2.05) is 13.8 Å². The number of ether oxygens (including phenoxy) is 4. The fourth-order valence-corrected chi connectivity index (χ4v) is 6.14. The maximum Gasteiger partial charge on any atom is 0.119 e. The van der Waals surface area contributed by atoms with Gasteiger partial charge in [0, 0.05) is 13.2 Å². The van der Waals surface area contributed by atoms with E-state index < -0.39 is 5.41 Å². The molecule has 2 aromatic rings. The molecular weight excluding hydrogens is 496 g/mol. The number of fused-ring (bicyclic) bond motifs is 2. The fourth-order valence-electron chi connectivity index (χ4n) is 6.14. The van der Waals surface area contributed by atoms with Gasteiger partial charge in [0.1, 0.15) is 12.4 Å². The third kappa shape index (κ3) is 5.67. The van der Waals surface area contributed by atoms with Crippen LogP contribution in [-0.2, 0) is 19.6 Å². The fraction of sp³-hybridized carbons (Fsp3) is 0.389. The van der Waals surface area contributed by atoms with Crippen LogP contribution in [0.4, 0.5) is 0 Å². The van der Waals surface area contributed by atoms with Gasteiger partial charge >= 0.3 is 0 Å². The zero-order chi connectivity index (χ0) is 28.0. The molecule has 0 heterocycles. The van der Waals surface area contributed by atoms with Crippen molar-refractivity contribution >= 4 is 5.57 Å². The van der Waals surface area contributed by atoms with E-state index in [9.17, 15) is 0 Å². The molecule has 0 aromatic heterocycles. The van der Waals surface area contributed by atoms with Gasteiger partial charge in [-0.3, -0.25) is 0 Å². The van der Waals surface area contributed by atoms with E-state index >= 15 is 0 Å². The number of hydrogen-bond acceptors (Lipinski definition) is 4. The summed E-state index contributed by atoms with van der Waals surface area (Å²) in [6.45, 7) is 12.2. The second kappa shape index (κ2) is 13.0. The lowest BCUT2D eigenvalue weighted by Gasteiger charge is -2.36. The van der Waals surface area contributed by atoms with Crippen molar-refractivity contribution < 1.29 is 18.9 Å². The van der Waals surface area contributed by atoms with Crippen molar-refractivity contribution in [2.75, 3.05) is 39.6 Å². The van der Waals surface area contributed by atoms with Crippen molar-refractivity contribution in [2.45, 2.75) is 52.1 Å². The Morgan fingerprint density at radius 2 is 1.62 bits per heavy atom. The highest BCUT2D eigenvalue weighted by molar-refractivity contribution is 5.89. The van der Waals surface area contributed by atoms with Crippen LogP contribution in [0, 0.1) is 6.92 Å². The third-order valence-electron chi connectivity index (χ3n) is 8.00. The van der Waals surface area contributed by atoms with E-state index in [0.29, 0.717) is 39.6 Å². The minimum absolute atomic E-state index is 0.0946. The quantitative estimate of drug-likeness (QED) is 0.260. The van der Waals surface area contributed by atoms with Crippen molar-refractivity contribution in [3.63, 3.8) is 0 Å². The highest BCUT2D eigenvalue weighted by Gasteiger charge is 2.48. The summed E-state index contributed by atoms with van der Waals surface area (Å²) in [7, 11) is 0. The van der Waals surface area contributed by atoms with E-state index in [-0.39, 0.29) is 6.10 Å². The molecule has 0 radical (unpaired) electrons. The van der Waals surface area contributed by atoms with Crippen molar-refractivity contribution in [3.05, 3.63) is 118 Å². The predicted molar refractivity (Wildman–Crippen MR) is 163 cm³/mol. The molecule has 40 heavy (non-hydrogen) atoms. The van der Waals surface area contributed by atoms with Gasteiger partial charge in [-0.15, -0.1) is 0 Å². The van der Waals surface area contributed by atoms with Crippen LogP contribution in [0.15, 0.2) is 95.6 Å². The highest BCUT2D eigenvalue weighted by atomic mass is 16.5. The molecule has 0 saturated carbocycles. The zero-order valence-corrected chi connectivity index (χ0v) is 24.4. The number of aryl methyl sites for hydroxylation is 1. The Hall–Kier alpha value is -3.18. The molecule has 0 aliphatic heterocycles. The van der Waals surface area contributed by atoms with Crippen molar-refractivity contribution in [1.29, 1.82) is 0 Å². The smallest absolute Gasteiger partial charge is 0.119 e. The first-order valence-corrected chi connectivity index (χ1v) is 14.7. The highest BCUT2D eigenvalue weighted by Crippen LogP contribution is 2.58. The van der Waals surface area contributed by atoms with E-state index in [0.717, 1.165) is 18.6 Å². The number of benzene rings is 2. The molecule has 0 amide bonds. The average Bonchev–Trinajstić information content (AvgIpc) is 3.07. The summed E-state index contributed by atoms with van der Waals surface area (Å²) < 4.78 is 23.0. The molecule has 3 aliphatic rings. The molecule has 4 nitrogen and oxygen atoms in total. The van der Waals surface area contributed by atoms with E-state index in [4.69, 9.17) is 18.9 Å². The van der Waals surface area contributed by atoms with Gasteiger partial charge in [-0.25, -0.2) is 0 Å². The standard InChI is InChI=1S/C36H42O4/c1-5-37-20-22-39-30-9-7-8-28(12-15-30)36(29-13-16-31(17-14-29)40-23-21-38-6-2)34-24-26(3)10-18-32(34)33-19-11-27(4)25-35(33)36/h7-10,12-18,24-25,30H,5-6,11,19-23H2,1-4H3. The van der Waals surface area contributed by atoms with Crippen molar-refractivity contribution in [2.24, 2.45) is 0 Å². The summed E-state index contributed by atoms with van der Waals surface area (Å²) in [6.07, 6.45) is 15.5. The summed E-state index contributed by atoms with van der Waals surface area (Å²) in [5.41, 5.74) is 10.3. The number of rotatable bonds is 12. The summed E-state index contributed by atoms with van der Waals surface area (Å²) in [4.78, 5) is 0. The van der Waals surface area contributed by atoms with Gasteiger partial charge in [0.05, 0.1) is 31.3 Å². The molecule has 4 heteroatoms. The normalized spacial score (nSPS) is 21.6. The molecule has 2 atom stereocenters. The van der Waals surface area contributed by atoms with Crippen molar-refractivity contribution in [3.8, 4) is 5.75 Å². The summed E-state index contributed by atoms with van der Waals surface area (Å²) in [5.74, 6) is 0.860. The van der Waals surface area contributed by atoms with Crippen molar-refractivity contribution in [1.82, 2.24) is 0 Å². The van der Waals surface area contributed by atoms with Gasteiger partial charge < -0.3 is 18.9 Å². The van der Waals surface area contributed by atoms with Crippen LogP contribution in [0.25, 0.3) is 5.57 Å². The second-order valence-electron chi connectivity index (χ2n) is 10.7. The maximum atomic E-state index is 6.11. The van der Waals surface area contributed by atoms with Crippen LogP contribution < -0.4 is 4.74 Å². The lowest BCUT2D eigenvalue weighted by Crippen LogP contribution is -2.30. The van der Waals surface area contributed by atoms with E-state index in [1.54, 1.807) is 0 Å². The van der Waals surface area contributed by atoms with Crippen LogP contribution in [0.2, 0.25) is 0 Å². The Morgan fingerprint density at radius 1 is 0.850 bits per heavy atom. The van der Waals surface area contributed by atoms with Gasteiger partial charge in [0.25, 0.3) is 0 Å². The SMILES string of the molecule is CCOCCOc1ccc(C2(C3=CC=CC(OCCOCC)C=C3)C3=C(CCC(C)=C3)c3ccc(C)cc32)cc1. The Kier molecular flexibility index (Phi) is 9.21. The molecule has 0 spiro atoms. The molecule has 5 rings (SSSR count). The van der Waals surface area contributed by atoms with Crippen LogP contribution in [0.1, 0.15) is 55.9 Å². The lowest BCUT2D eigenvalue weighted by atomic mass is 9.65. The predicted octanol–water partition coefficient (Wildman–Crippen LogP) is 7.68. The van der Waals surface area contributed by atoms with Gasteiger partial charge in [-0.05, 0) is 86.1 Å². The Labute approximate surface area is 239 Å². The number of allylic oxidation sites excluding steroid dienone is 8. The van der Waals surface area contributed by atoms with E-state index in [1.165, 1.54) is 44.5 Å². The molecule has 0 bridgehead atoms. The van der Waals surface area contributed by atoms with Crippen LogP contribution in [0.5, 0.6) is 5.75 Å². The second-order valence-corrected chi connectivity index (χ2v) is 10.7. The first-order valence-electron chi connectivity index (χ1n) is 14.7. The number of hydrogen-bond donors (Lipinski definition) is 0. The first-order chi connectivity index (χ1) is 19.6. The van der Waals surface area contributed by atoms with Gasteiger partial charge in [0.2, 0.25) is 0 Å². The zero-order valence-electron chi connectivity index (χ0n) is 24.4. The first kappa shape index (κ1) is 28.4. The van der Waals surface area contributed by atoms with Gasteiger partial charge in [-0.2, -0.15) is 0 Å². The summed E-state index contributed by atoms with van der Waals surface area (Å²) in [6, 6.07) is 15.7. The summed E-state index contributed by atoms with van der Waals surface area (Å²) in [5, 5.41) is 0. The largest absolute Gasteiger partial charge is 0.491 e. The third-order valence-corrected chi connectivity index (χ3v) is 8.00. The Bertz CT molecular complexity index is 1340. The van der Waals surface area contributed by atoms with Crippen LogP contribution in [-0.4, -0.2) is 45.7 Å². The Morgan fingerprint density at radius 3 is 2.40 bits per heavy atom. The molecule has 0 fully saturated rings. The summed E-state index contributed by atoms with van der Waals surface area (Å²) >= 11 is 0. The molecule has 3 aliphatic carbocycles. The Balaban J connectivity index is 1.59. The van der Waals surface area contributed by atoms with Crippen LogP contribution in [0.3, 0.4) is 0 Å². The average molecular weight is 539 g/mol. The molecule has 0 saturated heterocycles. The topological polar surface area (TPSA) is 36.9 Å². The van der Waals surface area contributed by atoms with Gasteiger partial charge in [-0.1, -0.05) is 77.9 Å². The molecular formula is C36H42O4. The lowest BCUT2D eigenvalue weighted by molar-refractivity contribution is 0.0428. The monoisotopic (exact) mass is 538 g/mol. The molecule has 2 aromatic carbocycles. The van der Waals surface area contributed by atoms with Crippen LogP contribution >= 0.6 is 0 Å². The van der Waals surface area contributed by atoms with E-state index in [2.05, 4.69) is 92.8 Å². The molecule has 2 unspecified atom stereocenters. The molecule has 0 N–H and O–H groups in total. The molecule has 210 valence electrons. The minimum atomic E-state index is -0.427.